The standard InChI is InChI=1S/C21H25N3O8S/c1-24-16-10-14(5-6-17(16)32-12-20(24)25)33(27,28)23-15-11-19(30-3)18(29-2)9-13(15)7-8-22-21(26)31-4/h5-6,9-11,23H,7-8,12H2,1-4H3,(H,22,26). The minimum atomic E-state index is -4.05. The molecule has 0 aromatic heterocycles. The quantitative estimate of drug-likeness (QED) is 0.585. The normalized spacial score (nSPS) is 13.0. The summed E-state index contributed by atoms with van der Waals surface area (Å²) in [5.74, 6) is 0.852. The molecule has 2 amide bonds. The molecule has 0 saturated heterocycles. The average Bonchev–Trinajstić information content (AvgIpc) is 2.81. The third kappa shape index (κ3) is 5.22. The van der Waals surface area contributed by atoms with Crippen molar-refractivity contribution in [3.05, 3.63) is 35.9 Å². The van der Waals surface area contributed by atoms with Crippen molar-refractivity contribution >= 4 is 33.4 Å². The van der Waals surface area contributed by atoms with E-state index in [-0.39, 0.29) is 36.1 Å². The molecule has 0 saturated carbocycles. The van der Waals surface area contributed by atoms with E-state index in [2.05, 4.69) is 14.8 Å². The molecule has 0 bridgehead atoms. The molecule has 11 nitrogen and oxygen atoms in total. The van der Waals surface area contributed by atoms with Crippen LogP contribution >= 0.6 is 0 Å². The third-order valence-corrected chi connectivity index (χ3v) is 6.39. The van der Waals surface area contributed by atoms with Gasteiger partial charge in [-0.25, -0.2) is 13.2 Å². The molecule has 2 N–H and O–H groups in total. The maximum atomic E-state index is 13.2. The molecule has 2 aromatic carbocycles. The van der Waals surface area contributed by atoms with E-state index in [0.29, 0.717) is 28.5 Å². The Morgan fingerprint density at radius 2 is 1.82 bits per heavy atom. The first-order chi connectivity index (χ1) is 15.7. The molecule has 0 aliphatic carbocycles. The molecular formula is C21H25N3O8S. The Labute approximate surface area is 191 Å². The Hall–Kier alpha value is -3.67. The number of amides is 2. The summed E-state index contributed by atoms with van der Waals surface area (Å²) in [5, 5.41) is 2.55. The maximum Gasteiger partial charge on any atom is 0.406 e. The van der Waals surface area contributed by atoms with E-state index in [1.807, 2.05) is 0 Å². The zero-order valence-electron chi connectivity index (χ0n) is 18.6. The lowest BCUT2D eigenvalue weighted by Crippen LogP contribution is -2.35. The van der Waals surface area contributed by atoms with E-state index in [1.165, 1.54) is 50.5 Å². The molecule has 1 aliphatic heterocycles. The summed E-state index contributed by atoms with van der Waals surface area (Å²) in [4.78, 5) is 24.6. The Bertz CT molecular complexity index is 1170. The number of carbonyl (C=O) groups is 2. The van der Waals surface area contributed by atoms with Crippen LogP contribution in [0.5, 0.6) is 17.2 Å². The molecule has 0 fully saturated rings. The highest BCUT2D eigenvalue weighted by Gasteiger charge is 2.26. The molecule has 1 heterocycles. The molecule has 0 spiro atoms. The monoisotopic (exact) mass is 479 g/mol. The van der Waals surface area contributed by atoms with Gasteiger partial charge in [-0.15, -0.1) is 0 Å². The van der Waals surface area contributed by atoms with Gasteiger partial charge >= 0.3 is 6.09 Å². The summed E-state index contributed by atoms with van der Waals surface area (Å²) in [7, 11) is 1.65. The molecule has 3 rings (SSSR count). The molecule has 1 aliphatic rings. The number of methoxy groups -OCH3 is 3. The van der Waals surface area contributed by atoms with Gasteiger partial charge in [0.2, 0.25) is 0 Å². The lowest BCUT2D eigenvalue weighted by Gasteiger charge is -2.26. The first-order valence-electron chi connectivity index (χ1n) is 9.83. The van der Waals surface area contributed by atoms with Gasteiger partial charge in [0.15, 0.2) is 18.1 Å². The summed E-state index contributed by atoms with van der Waals surface area (Å²) in [6.45, 7) is 0.0857. The van der Waals surface area contributed by atoms with Crippen molar-refractivity contribution in [2.45, 2.75) is 11.3 Å². The fourth-order valence-corrected chi connectivity index (χ4v) is 4.33. The van der Waals surface area contributed by atoms with Crippen LogP contribution in [0.2, 0.25) is 0 Å². The summed E-state index contributed by atoms with van der Waals surface area (Å²) in [5.41, 5.74) is 1.16. The number of hydrogen-bond donors (Lipinski definition) is 2. The highest BCUT2D eigenvalue weighted by atomic mass is 32.2. The topological polar surface area (TPSA) is 132 Å². The van der Waals surface area contributed by atoms with Crippen molar-refractivity contribution in [2.24, 2.45) is 0 Å². The fourth-order valence-electron chi connectivity index (χ4n) is 3.22. The summed E-state index contributed by atoms with van der Waals surface area (Å²) < 4.78 is 49.5. The number of rotatable bonds is 8. The summed E-state index contributed by atoms with van der Waals surface area (Å²) in [6.07, 6.45) is -0.324. The van der Waals surface area contributed by atoms with Crippen LogP contribution in [-0.4, -0.2) is 61.9 Å². The smallest absolute Gasteiger partial charge is 0.406 e. The third-order valence-electron chi connectivity index (χ3n) is 5.03. The molecule has 33 heavy (non-hydrogen) atoms. The van der Waals surface area contributed by atoms with Crippen LogP contribution in [0.4, 0.5) is 16.2 Å². The number of fused-ring (bicyclic) bond motifs is 1. The van der Waals surface area contributed by atoms with Crippen LogP contribution in [0.3, 0.4) is 0 Å². The van der Waals surface area contributed by atoms with Crippen LogP contribution in [-0.2, 0) is 26.0 Å². The summed E-state index contributed by atoms with van der Waals surface area (Å²) in [6, 6.07) is 7.39. The van der Waals surface area contributed by atoms with Gasteiger partial charge in [0.25, 0.3) is 15.9 Å². The zero-order chi connectivity index (χ0) is 24.2. The van der Waals surface area contributed by atoms with Gasteiger partial charge < -0.3 is 29.2 Å². The zero-order valence-corrected chi connectivity index (χ0v) is 19.4. The highest BCUT2D eigenvalue weighted by molar-refractivity contribution is 7.92. The number of carbonyl (C=O) groups excluding carboxylic acids is 2. The average molecular weight is 480 g/mol. The number of nitrogens with one attached hydrogen (secondary N) is 2. The molecule has 0 unspecified atom stereocenters. The van der Waals surface area contributed by atoms with Gasteiger partial charge in [-0.1, -0.05) is 0 Å². The van der Waals surface area contributed by atoms with E-state index < -0.39 is 16.1 Å². The minimum absolute atomic E-state index is 0.0557. The number of alkyl carbamates (subject to hydrolysis) is 1. The van der Waals surface area contributed by atoms with Crippen LogP contribution < -0.4 is 29.1 Å². The predicted molar refractivity (Wildman–Crippen MR) is 120 cm³/mol. The second-order valence-electron chi connectivity index (χ2n) is 7.01. The molecule has 178 valence electrons. The number of likely N-dealkylation sites (N-methyl/N-ethyl adjacent to an activating group) is 1. The Balaban J connectivity index is 1.95. The van der Waals surface area contributed by atoms with E-state index >= 15 is 0 Å². The molecule has 0 atom stereocenters. The SMILES string of the molecule is COC(=O)NCCc1cc(OC)c(OC)cc1NS(=O)(=O)c1ccc2c(c1)N(C)C(=O)CO2. The van der Waals surface area contributed by atoms with Crippen molar-refractivity contribution in [3.8, 4) is 17.2 Å². The van der Waals surface area contributed by atoms with Crippen LogP contribution in [0.25, 0.3) is 0 Å². The Morgan fingerprint density at radius 1 is 1.12 bits per heavy atom. The second-order valence-corrected chi connectivity index (χ2v) is 8.69. The lowest BCUT2D eigenvalue weighted by molar-refractivity contribution is -0.121. The Morgan fingerprint density at radius 3 is 2.48 bits per heavy atom. The van der Waals surface area contributed by atoms with Crippen LogP contribution in [0.1, 0.15) is 5.56 Å². The first-order valence-corrected chi connectivity index (χ1v) is 11.3. The number of hydrogen-bond acceptors (Lipinski definition) is 8. The lowest BCUT2D eigenvalue weighted by atomic mass is 10.1. The van der Waals surface area contributed by atoms with Crippen molar-refractivity contribution in [2.75, 3.05) is 51.2 Å². The van der Waals surface area contributed by atoms with Gasteiger partial charge in [0.1, 0.15) is 5.75 Å². The molecule has 0 radical (unpaired) electrons. The highest BCUT2D eigenvalue weighted by Crippen LogP contribution is 2.36. The molecular weight excluding hydrogens is 454 g/mol. The minimum Gasteiger partial charge on any atom is -0.493 e. The van der Waals surface area contributed by atoms with Crippen molar-refractivity contribution in [1.29, 1.82) is 0 Å². The van der Waals surface area contributed by atoms with Gasteiger partial charge in [-0.05, 0) is 36.2 Å². The number of benzene rings is 2. The molecule has 2 aromatic rings. The van der Waals surface area contributed by atoms with E-state index in [9.17, 15) is 18.0 Å². The second kappa shape index (κ2) is 9.86. The fraction of sp³-hybridized carbons (Fsp3) is 0.333. The Kier molecular flexibility index (Phi) is 7.16. The van der Waals surface area contributed by atoms with E-state index in [4.69, 9.17) is 14.2 Å². The number of ether oxygens (including phenoxy) is 4. The van der Waals surface area contributed by atoms with Gasteiger partial charge in [-0.3, -0.25) is 9.52 Å². The predicted octanol–water partition coefficient (Wildman–Crippen LogP) is 1.76. The van der Waals surface area contributed by atoms with E-state index in [1.54, 1.807) is 13.1 Å². The number of anilines is 2. The summed E-state index contributed by atoms with van der Waals surface area (Å²) >= 11 is 0. The maximum absolute atomic E-state index is 13.2. The van der Waals surface area contributed by atoms with Crippen molar-refractivity contribution in [1.82, 2.24) is 5.32 Å². The van der Waals surface area contributed by atoms with E-state index in [0.717, 1.165) is 0 Å². The van der Waals surface area contributed by atoms with Gasteiger partial charge in [0.05, 0.1) is 37.6 Å². The van der Waals surface area contributed by atoms with Gasteiger partial charge in [-0.2, -0.15) is 0 Å². The first kappa shape index (κ1) is 24.0. The van der Waals surface area contributed by atoms with Crippen LogP contribution in [0, 0.1) is 0 Å². The van der Waals surface area contributed by atoms with Gasteiger partial charge in [0, 0.05) is 19.7 Å². The molecule has 12 heteroatoms. The number of nitrogens with zero attached hydrogens (tertiary/aromatic N) is 1. The van der Waals surface area contributed by atoms with Crippen molar-refractivity contribution in [3.63, 3.8) is 0 Å². The largest absolute Gasteiger partial charge is 0.493 e. The number of sulfonamides is 1. The van der Waals surface area contributed by atoms with Crippen LogP contribution in [0.15, 0.2) is 35.2 Å². The van der Waals surface area contributed by atoms with Crippen molar-refractivity contribution < 1.29 is 37.0 Å².